The second-order valence-electron chi connectivity index (χ2n) is 5.13. The standard InChI is InChI=1S/C15H21NO/c1-2-9-16-10-11-17-15-13-6-4-3-5-12(13)7-8-14(15)16/h3-6,14-15H,2,7-11H2,1H3/t14-,15-/m1/s1. The normalized spacial score (nSPS) is 28.5. The van der Waals surface area contributed by atoms with Gasteiger partial charge in [0.05, 0.1) is 12.7 Å². The average molecular weight is 231 g/mol. The molecule has 1 aromatic carbocycles. The van der Waals surface area contributed by atoms with Gasteiger partial charge in [0.2, 0.25) is 0 Å². The molecule has 0 aromatic heterocycles. The lowest BCUT2D eigenvalue weighted by atomic mass is 9.84. The van der Waals surface area contributed by atoms with Crippen LogP contribution in [-0.2, 0) is 11.2 Å². The monoisotopic (exact) mass is 231 g/mol. The van der Waals surface area contributed by atoms with Crippen LogP contribution in [0.25, 0.3) is 0 Å². The van der Waals surface area contributed by atoms with E-state index in [2.05, 4.69) is 36.1 Å². The van der Waals surface area contributed by atoms with Gasteiger partial charge >= 0.3 is 0 Å². The summed E-state index contributed by atoms with van der Waals surface area (Å²) in [4.78, 5) is 2.63. The van der Waals surface area contributed by atoms with E-state index >= 15 is 0 Å². The molecule has 0 bridgehead atoms. The molecular weight excluding hydrogens is 210 g/mol. The largest absolute Gasteiger partial charge is 0.371 e. The van der Waals surface area contributed by atoms with E-state index < -0.39 is 0 Å². The van der Waals surface area contributed by atoms with Crippen molar-refractivity contribution in [3.05, 3.63) is 35.4 Å². The third-order valence-electron chi connectivity index (χ3n) is 4.08. The highest BCUT2D eigenvalue weighted by Gasteiger charge is 2.36. The maximum absolute atomic E-state index is 6.04. The number of nitrogens with zero attached hydrogens (tertiary/aromatic N) is 1. The molecule has 2 atom stereocenters. The Morgan fingerprint density at radius 1 is 1.35 bits per heavy atom. The van der Waals surface area contributed by atoms with Crippen LogP contribution in [0.5, 0.6) is 0 Å². The van der Waals surface area contributed by atoms with Gasteiger partial charge < -0.3 is 4.74 Å². The van der Waals surface area contributed by atoms with Crippen molar-refractivity contribution < 1.29 is 4.74 Å². The van der Waals surface area contributed by atoms with Gasteiger partial charge in [-0.1, -0.05) is 31.2 Å². The third-order valence-corrected chi connectivity index (χ3v) is 4.08. The van der Waals surface area contributed by atoms with Gasteiger partial charge in [0.1, 0.15) is 0 Å². The Hall–Kier alpha value is -0.860. The van der Waals surface area contributed by atoms with Crippen molar-refractivity contribution in [3.8, 4) is 0 Å². The Labute approximate surface area is 104 Å². The molecule has 92 valence electrons. The van der Waals surface area contributed by atoms with Crippen molar-refractivity contribution in [2.75, 3.05) is 19.7 Å². The van der Waals surface area contributed by atoms with Crippen molar-refractivity contribution in [3.63, 3.8) is 0 Å². The van der Waals surface area contributed by atoms with E-state index in [1.807, 2.05) is 0 Å². The second kappa shape index (κ2) is 4.79. The van der Waals surface area contributed by atoms with E-state index in [-0.39, 0.29) is 0 Å². The first-order chi connectivity index (χ1) is 8.40. The molecule has 0 spiro atoms. The summed E-state index contributed by atoms with van der Waals surface area (Å²) >= 11 is 0. The Kier molecular flexibility index (Phi) is 3.17. The summed E-state index contributed by atoms with van der Waals surface area (Å²) in [6.07, 6.45) is 4.02. The van der Waals surface area contributed by atoms with Crippen molar-refractivity contribution >= 4 is 0 Å². The third kappa shape index (κ3) is 2.00. The molecule has 2 heteroatoms. The van der Waals surface area contributed by atoms with E-state index in [0.717, 1.165) is 13.2 Å². The molecule has 1 aliphatic carbocycles. The number of rotatable bonds is 2. The predicted octanol–water partition coefficient (Wildman–Crippen LogP) is 2.78. The highest BCUT2D eigenvalue weighted by Crippen LogP contribution is 2.37. The topological polar surface area (TPSA) is 12.5 Å². The van der Waals surface area contributed by atoms with Gasteiger partial charge in [0, 0.05) is 12.6 Å². The van der Waals surface area contributed by atoms with Crippen molar-refractivity contribution in [1.29, 1.82) is 0 Å². The minimum Gasteiger partial charge on any atom is -0.371 e. The maximum Gasteiger partial charge on any atom is 0.0983 e. The molecule has 2 aliphatic rings. The van der Waals surface area contributed by atoms with Crippen molar-refractivity contribution in [2.24, 2.45) is 0 Å². The first-order valence-corrected chi connectivity index (χ1v) is 6.83. The van der Waals surface area contributed by atoms with E-state index in [1.165, 1.54) is 36.9 Å². The molecule has 2 nitrogen and oxygen atoms in total. The first kappa shape index (κ1) is 11.2. The number of aryl methyl sites for hydroxylation is 1. The fourth-order valence-electron chi connectivity index (χ4n) is 3.30. The van der Waals surface area contributed by atoms with E-state index in [1.54, 1.807) is 0 Å². The molecule has 3 rings (SSSR count). The molecule has 0 unspecified atom stereocenters. The number of hydrogen-bond acceptors (Lipinski definition) is 2. The number of fused-ring (bicyclic) bond motifs is 3. The Balaban J connectivity index is 1.88. The lowest BCUT2D eigenvalue weighted by molar-refractivity contribution is -0.0801. The molecule has 17 heavy (non-hydrogen) atoms. The van der Waals surface area contributed by atoms with Crippen LogP contribution >= 0.6 is 0 Å². The predicted molar refractivity (Wildman–Crippen MR) is 69.1 cm³/mol. The Morgan fingerprint density at radius 2 is 2.24 bits per heavy atom. The highest BCUT2D eigenvalue weighted by molar-refractivity contribution is 5.33. The first-order valence-electron chi connectivity index (χ1n) is 6.83. The summed E-state index contributed by atoms with van der Waals surface area (Å²) in [6, 6.07) is 9.41. The van der Waals surface area contributed by atoms with Gasteiger partial charge in [-0.25, -0.2) is 0 Å². The van der Waals surface area contributed by atoms with E-state index in [0.29, 0.717) is 12.1 Å². The molecule has 0 saturated carbocycles. The van der Waals surface area contributed by atoms with E-state index in [4.69, 9.17) is 4.74 Å². The lowest BCUT2D eigenvalue weighted by Gasteiger charge is -2.44. The zero-order valence-electron chi connectivity index (χ0n) is 10.6. The molecule has 1 saturated heterocycles. The van der Waals surface area contributed by atoms with Gasteiger partial charge in [0.15, 0.2) is 0 Å². The van der Waals surface area contributed by atoms with Crippen LogP contribution in [0.1, 0.15) is 37.0 Å². The van der Waals surface area contributed by atoms with Crippen LogP contribution in [0.15, 0.2) is 24.3 Å². The molecule has 0 amide bonds. The van der Waals surface area contributed by atoms with Crippen LogP contribution < -0.4 is 0 Å². The second-order valence-corrected chi connectivity index (χ2v) is 5.13. The Morgan fingerprint density at radius 3 is 3.12 bits per heavy atom. The van der Waals surface area contributed by atoms with E-state index in [9.17, 15) is 0 Å². The minimum absolute atomic E-state index is 0.320. The summed E-state index contributed by atoms with van der Waals surface area (Å²) in [5.41, 5.74) is 2.93. The summed E-state index contributed by atoms with van der Waals surface area (Å²) in [6.45, 7) is 5.47. The van der Waals surface area contributed by atoms with Gasteiger partial charge in [-0.15, -0.1) is 0 Å². The number of ether oxygens (including phenoxy) is 1. The zero-order valence-corrected chi connectivity index (χ0v) is 10.6. The molecular formula is C15H21NO. The summed E-state index contributed by atoms with van der Waals surface area (Å²) in [5.74, 6) is 0. The van der Waals surface area contributed by atoms with Gasteiger partial charge in [-0.05, 0) is 36.9 Å². The maximum atomic E-state index is 6.04. The quantitative estimate of drug-likeness (QED) is 0.776. The van der Waals surface area contributed by atoms with Crippen LogP contribution in [-0.4, -0.2) is 30.6 Å². The van der Waals surface area contributed by atoms with Crippen molar-refractivity contribution in [2.45, 2.75) is 38.3 Å². The average Bonchev–Trinajstić information content (AvgIpc) is 2.39. The number of benzene rings is 1. The Bertz CT molecular complexity index is 388. The number of morpholine rings is 1. The van der Waals surface area contributed by atoms with Crippen LogP contribution in [0.4, 0.5) is 0 Å². The molecule has 0 radical (unpaired) electrons. The molecule has 1 aromatic rings. The SMILES string of the molecule is CCCN1CCO[C@@H]2c3ccccc3CC[C@H]21. The fraction of sp³-hybridized carbons (Fsp3) is 0.600. The smallest absolute Gasteiger partial charge is 0.0983 e. The molecule has 1 heterocycles. The zero-order chi connectivity index (χ0) is 11.7. The van der Waals surface area contributed by atoms with Gasteiger partial charge in [0.25, 0.3) is 0 Å². The molecule has 1 fully saturated rings. The highest BCUT2D eigenvalue weighted by atomic mass is 16.5. The van der Waals surface area contributed by atoms with Gasteiger partial charge in [-0.3, -0.25) is 4.90 Å². The summed E-state index contributed by atoms with van der Waals surface area (Å²) < 4.78 is 6.04. The van der Waals surface area contributed by atoms with Crippen molar-refractivity contribution in [1.82, 2.24) is 4.90 Å². The summed E-state index contributed by atoms with van der Waals surface area (Å²) in [7, 11) is 0. The fourth-order valence-corrected chi connectivity index (χ4v) is 3.30. The van der Waals surface area contributed by atoms with Crippen LogP contribution in [0.2, 0.25) is 0 Å². The number of hydrogen-bond donors (Lipinski definition) is 0. The summed E-state index contributed by atoms with van der Waals surface area (Å²) in [5, 5.41) is 0. The molecule has 1 aliphatic heterocycles. The lowest BCUT2D eigenvalue weighted by Crippen LogP contribution is -2.49. The minimum atomic E-state index is 0.320. The van der Waals surface area contributed by atoms with Gasteiger partial charge in [-0.2, -0.15) is 0 Å². The van der Waals surface area contributed by atoms with Crippen LogP contribution in [0, 0.1) is 0 Å². The van der Waals surface area contributed by atoms with Crippen LogP contribution in [0.3, 0.4) is 0 Å². The molecule has 0 N–H and O–H groups in total.